The third-order valence-electron chi connectivity index (χ3n) is 2.76. The van der Waals surface area contributed by atoms with Gasteiger partial charge in [0, 0.05) is 6.54 Å². The first-order chi connectivity index (χ1) is 10.1. The Balaban J connectivity index is 1.81. The fourth-order valence-electron chi connectivity index (χ4n) is 1.70. The molecule has 0 saturated carbocycles. The Morgan fingerprint density at radius 1 is 1.14 bits per heavy atom. The van der Waals surface area contributed by atoms with E-state index in [0.29, 0.717) is 18.0 Å². The van der Waals surface area contributed by atoms with Crippen molar-refractivity contribution in [1.29, 1.82) is 0 Å². The maximum atomic E-state index is 11.7. The molecule has 0 spiro atoms. The number of hydrogen-bond donors (Lipinski definition) is 4. The van der Waals surface area contributed by atoms with E-state index in [9.17, 15) is 9.59 Å². The first-order valence-corrected chi connectivity index (χ1v) is 7.08. The number of phenols is 1. The lowest BCUT2D eigenvalue weighted by Gasteiger charge is -2.07. The Bertz CT molecular complexity index is 637. The van der Waals surface area contributed by atoms with E-state index in [1.165, 1.54) is 6.07 Å². The van der Waals surface area contributed by atoms with E-state index in [0.717, 1.165) is 16.9 Å². The van der Waals surface area contributed by atoms with Crippen LogP contribution in [0.2, 0.25) is 0 Å². The monoisotopic (exact) mass is 306 g/mol. The number of carbonyl (C=O) groups excluding carboxylic acids is 1. The molecule has 0 aliphatic carbocycles. The average Bonchev–Trinajstić information content (AvgIpc) is 2.89. The summed E-state index contributed by atoms with van der Waals surface area (Å²) in [6, 6.07) is 7.71. The molecule has 0 aliphatic rings. The highest BCUT2D eigenvalue weighted by atomic mass is 32.1. The van der Waals surface area contributed by atoms with Crippen molar-refractivity contribution in [3.8, 4) is 5.75 Å². The van der Waals surface area contributed by atoms with Crippen molar-refractivity contribution in [3.63, 3.8) is 0 Å². The number of amides is 2. The van der Waals surface area contributed by atoms with Gasteiger partial charge in [-0.25, -0.2) is 9.59 Å². The van der Waals surface area contributed by atoms with Gasteiger partial charge in [-0.1, -0.05) is 12.1 Å². The summed E-state index contributed by atoms with van der Waals surface area (Å²) in [7, 11) is 0. The Hall–Kier alpha value is -2.54. The van der Waals surface area contributed by atoms with E-state index >= 15 is 0 Å². The zero-order valence-corrected chi connectivity index (χ0v) is 11.8. The van der Waals surface area contributed by atoms with Gasteiger partial charge < -0.3 is 15.5 Å². The Labute approximate surface area is 125 Å². The number of urea groups is 1. The molecular weight excluding hydrogens is 292 g/mol. The summed E-state index contributed by atoms with van der Waals surface area (Å²) in [4.78, 5) is 22.6. The lowest BCUT2D eigenvalue weighted by atomic mass is 10.1. The van der Waals surface area contributed by atoms with Gasteiger partial charge in [0.25, 0.3) is 0 Å². The number of carboxylic acid groups (broad SMARTS) is 1. The third-order valence-corrected chi connectivity index (χ3v) is 3.59. The van der Waals surface area contributed by atoms with Gasteiger partial charge in [-0.3, -0.25) is 5.32 Å². The molecule has 0 saturated heterocycles. The molecule has 1 heterocycles. The molecule has 2 rings (SSSR count). The summed E-state index contributed by atoms with van der Waals surface area (Å²) in [5, 5.41) is 25.2. The second-order valence-electron chi connectivity index (χ2n) is 4.27. The lowest BCUT2D eigenvalue weighted by molar-refractivity contribution is 0.0698. The molecular formula is C14H14N2O4S. The van der Waals surface area contributed by atoms with Gasteiger partial charge in [0.05, 0.1) is 5.56 Å². The van der Waals surface area contributed by atoms with Gasteiger partial charge in [-0.15, -0.1) is 11.3 Å². The predicted octanol–water partition coefficient (Wildman–Crippen LogP) is 2.52. The van der Waals surface area contributed by atoms with Gasteiger partial charge >= 0.3 is 12.0 Å². The van der Waals surface area contributed by atoms with Crippen LogP contribution >= 0.6 is 11.3 Å². The number of anilines is 1. The van der Waals surface area contributed by atoms with E-state index in [1.807, 2.05) is 0 Å². The number of benzene rings is 1. The number of carbonyl (C=O) groups is 2. The van der Waals surface area contributed by atoms with Gasteiger partial charge in [-0.05, 0) is 35.6 Å². The molecule has 0 unspecified atom stereocenters. The number of aromatic carboxylic acids is 1. The zero-order chi connectivity index (χ0) is 15.2. The minimum atomic E-state index is -1.07. The molecule has 7 heteroatoms. The molecule has 1 aromatic carbocycles. The molecule has 2 amide bonds. The Morgan fingerprint density at radius 3 is 2.52 bits per heavy atom. The number of aromatic hydroxyl groups is 1. The number of thiophene rings is 1. The SMILES string of the molecule is O=C(NCCc1ccc(O)cc1)Nc1sccc1C(=O)O. The highest BCUT2D eigenvalue weighted by molar-refractivity contribution is 7.14. The summed E-state index contributed by atoms with van der Waals surface area (Å²) in [5.74, 6) is -0.876. The summed E-state index contributed by atoms with van der Waals surface area (Å²) in [6.07, 6.45) is 0.615. The van der Waals surface area contributed by atoms with E-state index in [4.69, 9.17) is 10.2 Å². The average molecular weight is 306 g/mol. The summed E-state index contributed by atoms with van der Waals surface area (Å²) in [5.41, 5.74) is 1.06. The van der Waals surface area contributed by atoms with E-state index < -0.39 is 12.0 Å². The largest absolute Gasteiger partial charge is 0.508 e. The minimum Gasteiger partial charge on any atom is -0.508 e. The summed E-state index contributed by atoms with van der Waals surface area (Å²) >= 11 is 1.16. The van der Waals surface area contributed by atoms with Crippen LogP contribution in [0.4, 0.5) is 9.80 Å². The molecule has 110 valence electrons. The minimum absolute atomic E-state index is 0.0775. The Kier molecular flexibility index (Phi) is 4.78. The van der Waals surface area contributed by atoms with Crippen molar-refractivity contribution in [2.75, 3.05) is 11.9 Å². The number of nitrogens with one attached hydrogen (secondary N) is 2. The van der Waals surface area contributed by atoms with Gasteiger partial charge in [0.15, 0.2) is 0 Å². The first kappa shape index (κ1) is 14.9. The molecule has 1 aromatic heterocycles. The fraction of sp³-hybridized carbons (Fsp3) is 0.143. The molecule has 0 atom stereocenters. The Morgan fingerprint density at radius 2 is 1.86 bits per heavy atom. The third kappa shape index (κ3) is 4.22. The number of carboxylic acids is 1. The van der Waals surface area contributed by atoms with Crippen molar-refractivity contribution >= 4 is 28.3 Å². The van der Waals surface area contributed by atoms with Crippen molar-refractivity contribution in [2.45, 2.75) is 6.42 Å². The van der Waals surface area contributed by atoms with Gasteiger partial charge in [-0.2, -0.15) is 0 Å². The standard InChI is InChI=1S/C14H14N2O4S/c17-10-3-1-9(2-4-10)5-7-15-14(20)16-12-11(13(18)19)6-8-21-12/h1-4,6,8,17H,5,7H2,(H,18,19)(H2,15,16,20). The number of rotatable bonds is 5. The quantitative estimate of drug-likeness (QED) is 0.682. The molecule has 4 N–H and O–H groups in total. The molecule has 0 aliphatic heterocycles. The summed E-state index contributed by atoms with van der Waals surface area (Å²) in [6.45, 7) is 0.407. The molecule has 0 bridgehead atoms. The van der Waals surface area contributed by atoms with Crippen molar-refractivity contribution in [3.05, 3.63) is 46.8 Å². The van der Waals surface area contributed by atoms with Crippen molar-refractivity contribution in [2.24, 2.45) is 0 Å². The molecule has 0 radical (unpaired) electrons. The number of hydrogen-bond acceptors (Lipinski definition) is 4. The predicted molar refractivity (Wildman–Crippen MR) is 80.1 cm³/mol. The van der Waals surface area contributed by atoms with Crippen LogP contribution in [0, 0.1) is 0 Å². The van der Waals surface area contributed by atoms with Crippen molar-refractivity contribution < 1.29 is 19.8 Å². The fourth-order valence-corrected chi connectivity index (χ4v) is 2.48. The van der Waals surface area contributed by atoms with Crippen LogP contribution in [-0.4, -0.2) is 28.8 Å². The van der Waals surface area contributed by atoms with Gasteiger partial charge in [0.1, 0.15) is 10.8 Å². The van der Waals surface area contributed by atoms with Crippen LogP contribution in [-0.2, 0) is 6.42 Å². The van der Waals surface area contributed by atoms with Crippen LogP contribution in [0.3, 0.4) is 0 Å². The smallest absolute Gasteiger partial charge is 0.338 e. The van der Waals surface area contributed by atoms with Crippen molar-refractivity contribution in [1.82, 2.24) is 5.32 Å². The van der Waals surface area contributed by atoms with Crippen LogP contribution in [0.5, 0.6) is 5.75 Å². The van der Waals surface area contributed by atoms with Gasteiger partial charge in [0.2, 0.25) is 0 Å². The number of phenolic OH excluding ortho intramolecular Hbond substituents is 1. The van der Waals surface area contributed by atoms with Crippen LogP contribution < -0.4 is 10.6 Å². The van der Waals surface area contributed by atoms with Crippen LogP contribution in [0.15, 0.2) is 35.7 Å². The maximum Gasteiger partial charge on any atom is 0.338 e. The topological polar surface area (TPSA) is 98.7 Å². The maximum absolute atomic E-state index is 11.7. The first-order valence-electron chi connectivity index (χ1n) is 6.20. The van der Waals surface area contributed by atoms with E-state index in [2.05, 4.69) is 10.6 Å². The zero-order valence-electron chi connectivity index (χ0n) is 11.0. The second kappa shape index (κ2) is 6.76. The molecule has 21 heavy (non-hydrogen) atoms. The van der Waals surface area contributed by atoms with Crippen LogP contribution in [0.1, 0.15) is 15.9 Å². The highest BCUT2D eigenvalue weighted by Gasteiger charge is 2.13. The molecule has 2 aromatic rings. The normalized spacial score (nSPS) is 10.1. The highest BCUT2D eigenvalue weighted by Crippen LogP contribution is 2.22. The van der Waals surface area contributed by atoms with E-state index in [1.54, 1.807) is 29.6 Å². The summed E-state index contributed by atoms with van der Waals surface area (Å²) < 4.78 is 0. The van der Waals surface area contributed by atoms with E-state index in [-0.39, 0.29) is 11.3 Å². The second-order valence-corrected chi connectivity index (χ2v) is 5.18. The molecule has 6 nitrogen and oxygen atoms in total. The lowest BCUT2D eigenvalue weighted by Crippen LogP contribution is -2.30. The van der Waals surface area contributed by atoms with Crippen LogP contribution in [0.25, 0.3) is 0 Å². The molecule has 0 fully saturated rings.